The van der Waals surface area contributed by atoms with Crippen molar-refractivity contribution in [1.82, 2.24) is 10.6 Å². The lowest BCUT2D eigenvalue weighted by atomic mass is 10.3. The van der Waals surface area contributed by atoms with Crippen molar-refractivity contribution in [1.29, 1.82) is 0 Å². The molecule has 0 aromatic rings. The van der Waals surface area contributed by atoms with Gasteiger partial charge in [0.25, 0.3) is 0 Å². The molecule has 0 bridgehead atoms. The Bertz CT molecular complexity index is 185. The van der Waals surface area contributed by atoms with E-state index in [4.69, 9.17) is 5.73 Å². The zero-order valence-electron chi connectivity index (χ0n) is 7.43. The molecule has 1 aliphatic heterocycles. The highest BCUT2D eigenvalue weighted by molar-refractivity contribution is 5.91. The fourth-order valence-corrected chi connectivity index (χ4v) is 1.09. The fraction of sp³-hybridized carbons (Fsp3) is 0.625. The predicted octanol–water partition coefficient (Wildman–Crippen LogP) is -0.560. The van der Waals surface area contributed by atoms with E-state index in [0.29, 0.717) is 5.84 Å². The molecule has 1 fully saturated rings. The van der Waals surface area contributed by atoms with E-state index < -0.39 is 0 Å². The Hall–Kier alpha value is -1.03. The van der Waals surface area contributed by atoms with Crippen molar-refractivity contribution in [3.05, 3.63) is 11.8 Å². The van der Waals surface area contributed by atoms with Crippen molar-refractivity contribution in [3.8, 4) is 0 Å². The van der Waals surface area contributed by atoms with Crippen LogP contribution in [0.4, 0.5) is 0 Å². The Morgan fingerprint density at radius 2 is 2.42 bits per heavy atom. The average molecular weight is 168 g/mol. The lowest BCUT2D eigenvalue weighted by molar-refractivity contribution is 0.728. The topological polar surface area (TPSA) is 62.4 Å². The standard InChI is InChI=1S/C8H16N4/c1-10-8(9)5-7-6-11-3-2-4-12-7/h5,11-12H,2-4,6H2,1H3,(H2,9,10)/b7-5-. The molecule has 0 aliphatic carbocycles. The minimum absolute atomic E-state index is 0.571. The molecule has 0 amide bonds. The van der Waals surface area contributed by atoms with Gasteiger partial charge in [-0.3, -0.25) is 4.99 Å². The Kier molecular flexibility index (Phi) is 3.60. The lowest BCUT2D eigenvalue weighted by Crippen LogP contribution is -2.22. The SMILES string of the molecule is CN=C(N)/C=C1/CNCCCN1. The molecule has 4 nitrogen and oxygen atoms in total. The number of nitrogens with one attached hydrogen (secondary N) is 2. The highest BCUT2D eigenvalue weighted by Gasteiger charge is 2.01. The fourth-order valence-electron chi connectivity index (χ4n) is 1.09. The Balaban J connectivity index is 2.53. The van der Waals surface area contributed by atoms with Crippen LogP contribution >= 0.6 is 0 Å². The van der Waals surface area contributed by atoms with E-state index in [1.807, 2.05) is 6.08 Å². The quantitative estimate of drug-likeness (QED) is 0.363. The van der Waals surface area contributed by atoms with Crippen LogP contribution < -0.4 is 16.4 Å². The summed E-state index contributed by atoms with van der Waals surface area (Å²) in [7, 11) is 1.69. The minimum atomic E-state index is 0.571. The first-order valence-electron chi connectivity index (χ1n) is 4.20. The lowest BCUT2D eigenvalue weighted by Gasteiger charge is -2.04. The van der Waals surface area contributed by atoms with E-state index in [1.165, 1.54) is 0 Å². The van der Waals surface area contributed by atoms with Gasteiger partial charge in [-0.25, -0.2) is 0 Å². The van der Waals surface area contributed by atoms with Crippen molar-refractivity contribution in [2.24, 2.45) is 10.7 Å². The molecule has 4 heteroatoms. The second-order valence-corrected chi connectivity index (χ2v) is 2.78. The number of hydrogen-bond acceptors (Lipinski definition) is 3. The highest BCUT2D eigenvalue weighted by atomic mass is 15.0. The molecule has 0 saturated carbocycles. The van der Waals surface area contributed by atoms with Crippen LogP contribution in [-0.4, -0.2) is 32.5 Å². The van der Waals surface area contributed by atoms with Crippen molar-refractivity contribution >= 4 is 5.84 Å². The molecular weight excluding hydrogens is 152 g/mol. The van der Waals surface area contributed by atoms with Gasteiger partial charge >= 0.3 is 0 Å². The first kappa shape index (κ1) is 9.06. The largest absolute Gasteiger partial charge is 0.387 e. The van der Waals surface area contributed by atoms with Gasteiger partial charge in [-0.2, -0.15) is 0 Å². The maximum Gasteiger partial charge on any atom is 0.119 e. The molecule has 68 valence electrons. The average Bonchev–Trinajstić information content (AvgIpc) is 2.33. The van der Waals surface area contributed by atoms with Gasteiger partial charge in [0.1, 0.15) is 5.84 Å². The molecule has 4 N–H and O–H groups in total. The van der Waals surface area contributed by atoms with Gasteiger partial charge in [-0.1, -0.05) is 0 Å². The zero-order valence-corrected chi connectivity index (χ0v) is 7.43. The summed E-state index contributed by atoms with van der Waals surface area (Å²) in [6.07, 6.45) is 3.03. The molecule has 0 aromatic heterocycles. The summed E-state index contributed by atoms with van der Waals surface area (Å²) in [5.74, 6) is 0.571. The molecule has 1 aliphatic rings. The summed E-state index contributed by atoms with van der Waals surface area (Å²) >= 11 is 0. The second kappa shape index (κ2) is 4.77. The van der Waals surface area contributed by atoms with Crippen LogP contribution in [0.15, 0.2) is 16.8 Å². The van der Waals surface area contributed by atoms with Crippen LogP contribution in [0, 0.1) is 0 Å². The predicted molar refractivity (Wildman–Crippen MR) is 51.1 cm³/mol. The molecule has 1 rings (SSSR count). The van der Waals surface area contributed by atoms with Crippen LogP contribution in [0.25, 0.3) is 0 Å². The van der Waals surface area contributed by atoms with Crippen molar-refractivity contribution in [2.75, 3.05) is 26.7 Å². The maximum atomic E-state index is 5.56. The maximum absolute atomic E-state index is 5.56. The first-order valence-corrected chi connectivity index (χ1v) is 4.20. The van der Waals surface area contributed by atoms with E-state index in [-0.39, 0.29) is 0 Å². The number of nitrogens with zero attached hydrogens (tertiary/aromatic N) is 1. The molecule has 12 heavy (non-hydrogen) atoms. The minimum Gasteiger partial charge on any atom is -0.387 e. The summed E-state index contributed by atoms with van der Waals surface area (Å²) in [5.41, 5.74) is 6.68. The second-order valence-electron chi connectivity index (χ2n) is 2.78. The molecule has 0 atom stereocenters. The monoisotopic (exact) mass is 168 g/mol. The van der Waals surface area contributed by atoms with Crippen molar-refractivity contribution in [3.63, 3.8) is 0 Å². The van der Waals surface area contributed by atoms with Gasteiger partial charge in [0, 0.05) is 31.9 Å². The van der Waals surface area contributed by atoms with Crippen LogP contribution in [0.5, 0.6) is 0 Å². The van der Waals surface area contributed by atoms with Crippen LogP contribution in [0.3, 0.4) is 0 Å². The van der Waals surface area contributed by atoms with E-state index in [9.17, 15) is 0 Å². The van der Waals surface area contributed by atoms with Crippen LogP contribution in [0.1, 0.15) is 6.42 Å². The third-order valence-electron chi connectivity index (χ3n) is 1.78. The highest BCUT2D eigenvalue weighted by Crippen LogP contribution is 1.92. The number of rotatable bonds is 1. The van der Waals surface area contributed by atoms with Crippen molar-refractivity contribution in [2.45, 2.75) is 6.42 Å². The van der Waals surface area contributed by atoms with Gasteiger partial charge in [0.2, 0.25) is 0 Å². The first-order chi connectivity index (χ1) is 5.83. The Morgan fingerprint density at radius 1 is 1.58 bits per heavy atom. The number of hydrogen-bond donors (Lipinski definition) is 3. The smallest absolute Gasteiger partial charge is 0.119 e. The molecule has 1 saturated heterocycles. The van der Waals surface area contributed by atoms with Gasteiger partial charge in [0.05, 0.1) is 0 Å². The van der Waals surface area contributed by atoms with Gasteiger partial charge in [-0.15, -0.1) is 0 Å². The Morgan fingerprint density at radius 3 is 3.17 bits per heavy atom. The normalized spacial score (nSPS) is 23.4. The van der Waals surface area contributed by atoms with Gasteiger partial charge < -0.3 is 16.4 Å². The number of nitrogens with two attached hydrogens (primary N) is 1. The third-order valence-corrected chi connectivity index (χ3v) is 1.78. The van der Waals surface area contributed by atoms with Crippen LogP contribution in [-0.2, 0) is 0 Å². The summed E-state index contributed by atoms with van der Waals surface area (Å²) < 4.78 is 0. The zero-order chi connectivity index (χ0) is 8.81. The van der Waals surface area contributed by atoms with E-state index in [0.717, 1.165) is 31.8 Å². The van der Waals surface area contributed by atoms with Crippen molar-refractivity contribution < 1.29 is 0 Å². The van der Waals surface area contributed by atoms with Crippen LogP contribution in [0.2, 0.25) is 0 Å². The molecule has 0 spiro atoms. The van der Waals surface area contributed by atoms with Gasteiger partial charge in [0.15, 0.2) is 0 Å². The summed E-state index contributed by atoms with van der Waals surface area (Å²) in [5, 5.41) is 6.57. The van der Waals surface area contributed by atoms with E-state index >= 15 is 0 Å². The molecule has 0 radical (unpaired) electrons. The van der Waals surface area contributed by atoms with E-state index in [2.05, 4.69) is 15.6 Å². The number of aliphatic imine (C=N–C) groups is 1. The molecule has 0 aromatic carbocycles. The Labute approximate surface area is 72.9 Å². The number of amidine groups is 1. The molecular formula is C8H16N4. The molecule has 1 heterocycles. The van der Waals surface area contributed by atoms with E-state index in [1.54, 1.807) is 7.05 Å². The third kappa shape index (κ3) is 2.92. The summed E-state index contributed by atoms with van der Waals surface area (Å²) in [6.45, 7) is 2.93. The molecule has 0 unspecified atom stereocenters. The summed E-state index contributed by atoms with van der Waals surface area (Å²) in [4.78, 5) is 3.86. The summed E-state index contributed by atoms with van der Waals surface area (Å²) in [6, 6.07) is 0. The van der Waals surface area contributed by atoms with Gasteiger partial charge in [-0.05, 0) is 13.0 Å².